The molecule has 0 saturated carbocycles. The van der Waals surface area contributed by atoms with Gasteiger partial charge in [-0.05, 0) is 25.1 Å². The molecule has 0 saturated heterocycles. The quantitative estimate of drug-likeness (QED) is 0.530. The molecule has 11 nitrogen and oxygen atoms in total. The van der Waals surface area contributed by atoms with E-state index < -0.39 is 17.3 Å². The lowest BCUT2D eigenvalue weighted by Gasteiger charge is -2.34. The molecular formula is C20H24FN7O4. The molecule has 1 aliphatic rings. The molecule has 5 N–H and O–H groups in total. The van der Waals surface area contributed by atoms with Crippen molar-refractivity contribution in [2.45, 2.75) is 18.9 Å². The van der Waals surface area contributed by atoms with Gasteiger partial charge in [-0.25, -0.2) is 14.4 Å². The second-order valence-electron chi connectivity index (χ2n) is 7.31. The number of rotatable bonds is 7. The van der Waals surface area contributed by atoms with Crippen molar-refractivity contribution in [3.05, 3.63) is 41.5 Å². The first-order valence-electron chi connectivity index (χ1n) is 9.62. The third-order valence-corrected chi connectivity index (χ3v) is 4.91. The Balaban J connectivity index is 1.82. The van der Waals surface area contributed by atoms with E-state index in [4.69, 9.17) is 20.9 Å². The molecule has 1 unspecified atom stereocenters. The minimum atomic E-state index is -1.22. The Morgan fingerprint density at radius 3 is 2.75 bits per heavy atom. The van der Waals surface area contributed by atoms with Gasteiger partial charge in [0, 0.05) is 25.4 Å². The van der Waals surface area contributed by atoms with Crippen molar-refractivity contribution in [2.75, 3.05) is 38.4 Å². The molecule has 32 heavy (non-hydrogen) atoms. The summed E-state index contributed by atoms with van der Waals surface area (Å²) in [7, 11) is 3.02. The molecule has 0 bridgehead atoms. The summed E-state index contributed by atoms with van der Waals surface area (Å²) in [5, 5.41) is 2.60. The maximum atomic E-state index is 14.6. The molecule has 1 aromatic carbocycles. The number of nitrogens with one attached hydrogen (secondary N) is 1. The topological polar surface area (TPSA) is 158 Å². The summed E-state index contributed by atoms with van der Waals surface area (Å²) in [6.07, 6.45) is 1.18. The predicted octanol–water partition coefficient (Wildman–Crippen LogP) is 0.867. The Bertz CT molecular complexity index is 1080. The van der Waals surface area contributed by atoms with Gasteiger partial charge in [0.15, 0.2) is 17.5 Å². The van der Waals surface area contributed by atoms with Crippen LogP contribution in [0.2, 0.25) is 0 Å². The van der Waals surface area contributed by atoms with Crippen molar-refractivity contribution >= 4 is 29.3 Å². The van der Waals surface area contributed by atoms with E-state index in [0.717, 1.165) is 0 Å². The highest BCUT2D eigenvalue weighted by Gasteiger charge is 2.38. The van der Waals surface area contributed by atoms with Gasteiger partial charge in [0.25, 0.3) is 5.91 Å². The lowest BCUT2D eigenvalue weighted by atomic mass is 9.87. The van der Waals surface area contributed by atoms with Gasteiger partial charge in [-0.1, -0.05) is 0 Å². The molecule has 2 amide bonds. The maximum absolute atomic E-state index is 14.6. The van der Waals surface area contributed by atoms with Gasteiger partial charge >= 0.3 is 0 Å². The van der Waals surface area contributed by atoms with E-state index in [2.05, 4.69) is 20.3 Å². The molecule has 0 fully saturated rings. The summed E-state index contributed by atoms with van der Waals surface area (Å²) in [6.45, 7) is 2.20. The number of halogens is 1. The number of benzene rings is 1. The molecular weight excluding hydrogens is 421 g/mol. The van der Waals surface area contributed by atoms with Crippen LogP contribution in [-0.4, -0.2) is 60.0 Å². The van der Waals surface area contributed by atoms with Crippen molar-refractivity contribution in [1.29, 1.82) is 0 Å². The van der Waals surface area contributed by atoms with Crippen LogP contribution in [0.1, 0.15) is 29.4 Å². The van der Waals surface area contributed by atoms with E-state index in [1.165, 1.54) is 43.5 Å². The number of ether oxygens (including phenoxy) is 2. The highest BCUT2D eigenvalue weighted by atomic mass is 19.1. The van der Waals surface area contributed by atoms with Crippen molar-refractivity contribution < 1.29 is 23.5 Å². The molecule has 1 aromatic heterocycles. The van der Waals surface area contributed by atoms with Crippen LogP contribution in [-0.2, 0) is 15.1 Å². The van der Waals surface area contributed by atoms with E-state index in [0.29, 0.717) is 6.61 Å². The number of anilines is 2. The van der Waals surface area contributed by atoms with Crippen LogP contribution in [0.5, 0.6) is 5.88 Å². The Morgan fingerprint density at radius 1 is 1.34 bits per heavy atom. The number of methoxy groups -OCH3 is 1. The van der Waals surface area contributed by atoms with Crippen molar-refractivity contribution in [1.82, 2.24) is 14.9 Å². The average molecular weight is 445 g/mol. The van der Waals surface area contributed by atoms with Gasteiger partial charge in [0.1, 0.15) is 12.4 Å². The van der Waals surface area contributed by atoms with E-state index in [-0.39, 0.29) is 53.5 Å². The molecule has 0 spiro atoms. The highest BCUT2D eigenvalue weighted by molar-refractivity contribution is 6.05. The Kier molecular flexibility index (Phi) is 6.53. The van der Waals surface area contributed by atoms with Crippen molar-refractivity contribution in [3.8, 4) is 5.88 Å². The van der Waals surface area contributed by atoms with Crippen LogP contribution in [0.15, 0.2) is 29.4 Å². The van der Waals surface area contributed by atoms with Gasteiger partial charge in [0.05, 0.1) is 24.8 Å². The summed E-state index contributed by atoms with van der Waals surface area (Å²) in [5.41, 5.74) is 10.7. The summed E-state index contributed by atoms with van der Waals surface area (Å²) >= 11 is 0. The fraction of sp³-hybridized carbons (Fsp3) is 0.350. The number of aliphatic imine (C=N–C) groups is 1. The van der Waals surface area contributed by atoms with Gasteiger partial charge in [-0.2, -0.15) is 4.98 Å². The first kappa shape index (κ1) is 22.9. The van der Waals surface area contributed by atoms with Crippen LogP contribution >= 0.6 is 0 Å². The summed E-state index contributed by atoms with van der Waals surface area (Å²) in [5.74, 6) is -1.54. The van der Waals surface area contributed by atoms with E-state index >= 15 is 0 Å². The number of aromatic nitrogens is 2. The Hall–Kier alpha value is -3.80. The van der Waals surface area contributed by atoms with Crippen LogP contribution in [0.3, 0.4) is 0 Å². The standard InChI is InChI=1S/C20H24FN7O4/c1-20(9-15(29)28(2)19(23)27-20)12-8-11(4-5-13(12)21)25-18(30)16-17(22)26-14(10-24-16)32-7-6-31-3/h4-5,8,10H,6-7,9H2,1-3H3,(H2,22,26)(H2,23,27)(H,25,30). The van der Waals surface area contributed by atoms with Crippen LogP contribution in [0.25, 0.3) is 0 Å². The third kappa shape index (κ3) is 4.75. The zero-order chi connectivity index (χ0) is 23.5. The SMILES string of the molecule is COCCOc1cnc(C(=O)Nc2ccc(F)c(C3(C)CC(=O)N(C)C(N)=N3)c2)c(N)n1. The normalized spacial score (nSPS) is 18.3. The smallest absolute Gasteiger partial charge is 0.278 e. The number of nitrogen functional groups attached to an aromatic ring is 1. The van der Waals surface area contributed by atoms with Gasteiger partial charge in [-0.15, -0.1) is 0 Å². The minimum absolute atomic E-state index is 0.0200. The summed E-state index contributed by atoms with van der Waals surface area (Å²) in [4.78, 5) is 38.4. The van der Waals surface area contributed by atoms with Crippen LogP contribution in [0.4, 0.5) is 15.9 Å². The minimum Gasteiger partial charge on any atom is -0.474 e. The molecule has 170 valence electrons. The van der Waals surface area contributed by atoms with E-state index in [9.17, 15) is 14.0 Å². The number of carbonyl (C=O) groups excluding carboxylic acids is 2. The first-order chi connectivity index (χ1) is 15.1. The number of nitrogens with zero attached hydrogens (tertiary/aromatic N) is 4. The molecule has 3 rings (SSSR count). The van der Waals surface area contributed by atoms with Crippen LogP contribution < -0.4 is 21.5 Å². The molecule has 2 aromatic rings. The largest absolute Gasteiger partial charge is 0.474 e. The lowest BCUT2D eigenvalue weighted by Crippen LogP contribution is -2.47. The van der Waals surface area contributed by atoms with E-state index in [1.807, 2.05) is 0 Å². The number of hydrogen-bond donors (Lipinski definition) is 3. The zero-order valence-electron chi connectivity index (χ0n) is 17.9. The molecule has 0 aliphatic carbocycles. The Morgan fingerprint density at radius 2 is 2.09 bits per heavy atom. The van der Waals surface area contributed by atoms with Gasteiger partial charge < -0.3 is 26.3 Å². The summed E-state index contributed by atoms with van der Waals surface area (Å²) in [6, 6.07) is 3.94. The highest BCUT2D eigenvalue weighted by Crippen LogP contribution is 2.35. The fourth-order valence-corrected chi connectivity index (χ4v) is 3.13. The maximum Gasteiger partial charge on any atom is 0.278 e. The second-order valence-corrected chi connectivity index (χ2v) is 7.31. The molecule has 1 atom stereocenters. The first-order valence-corrected chi connectivity index (χ1v) is 9.62. The molecule has 0 radical (unpaired) electrons. The number of carbonyl (C=O) groups is 2. The third-order valence-electron chi connectivity index (χ3n) is 4.91. The monoisotopic (exact) mass is 445 g/mol. The van der Waals surface area contributed by atoms with Crippen LogP contribution in [0, 0.1) is 5.82 Å². The van der Waals surface area contributed by atoms with Gasteiger partial charge in [-0.3, -0.25) is 14.5 Å². The average Bonchev–Trinajstić information content (AvgIpc) is 2.73. The second kappa shape index (κ2) is 9.14. The lowest BCUT2D eigenvalue weighted by molar-refractivity contribution is -0.128. The van der Waals surface area contributed by atoms with Gasteiger partial charge in [0.2, 0.25) is 11.8 Å². The Labute approximate surface area is 183 Å². The molecule has 1 aliphatic heterocycles. The summed E-state index contributed by atoms with van der Waals surface area (Å²) < 4.78 is 24.8. The fourth-order valence-electron chi connectivity index (χ4n) is 3.13. The molecule has 2 heterocycles. The number of nitrogens with two attached hydrogens (primary N) is 2. The number of guanidine groups is 1. The van der Waals surface area contributed by atoms with Crippen molar-refractivity contribution in [3.63, 3.8) is 0 Å². The number of hydrogen-bond acceptors (Lipinski definition) is 9. The molecule has 12 heteroatoms. The zero-order valence-corrected chi connectivity index (χ0v) is 17.9. The van der Waals surface area contributed by atoms with Crippen molar-refractivity contribution in [2.24, 2.45) is 10.7 Å². The number of amides is 2. The predicted molar refractivity (Wildman–Crippen MR) is 115 cm³/mol. The van der Waals surface area contributed by atoms with E-state index in [1.54, 1.807) is 6.92 Å².